The molecule has 8 heteroatoms. The zero-order valence-electron chi connectivity index (χ0n) is 15.8. The fourth-order valence-corrected chi connectivity index (χ4v) is 3.77. The maximum Gasteiger partial charge on any atom is 0.293 e. The Morgan fingerprint density at radius 3 is 2.86 bits per heavy atom. The molecule has 29 heavy (non-hydrogen) atoms. The standard InChI is InChI=1S/C21H19FN4O3/c1-25-10-9-23-21(25)20(27)14-6-8-18(19(11-14)26(28)29)24-17-4-2-3-13-5-7-15(22)12-16(13)17/h5-12,17,24H,2-4H2,1H3. The lowest BCUT2D eigenvalue weighted by Gasteiger charge is -2.27. The molecule has 3 aromatic rings. The third kappa shape index (κ3) is 3.61. The van der Waals surface area contributed by atoms with Gasteiger partial charge < -0.3 is 9.88 Å². The van der Waals surface area contributed by atoms with Crippen LogP contribution in [0.1, 0.15) is 46.2 Å². The van der Waals surface area contributed by atoms with E-state index < -0.39 is 10.7 Å². The number of aromatic nitrogens is 2. The molecule has 1 aliphatic carbocycles. The van der Waals surface area contributed by atoms with Gasteiger partial charge in [0.1, 0.15) is 11.5 Å². The van der Waals surface area contributed by atoms with Gasteiger partial charge in [-0.3, -0.25) is 14.9 Å². The summed E-state index contributed by atoms with van der Waals surface area (Å²) >= 11 is 0. The monoisotopic (exact) mass is 394 g/mol. The van der Waals surface area contributed by atoms with E-state index in [1.165, 1.54) is 30.5 Å². The number of aryl methyl sites for hydroxylation is 2. The predicted molar refractivity (Wildman–Crippen MR) is 105 cm³/mol. The van der Waals surface area contributed by atoms with Crippen molar-refractivity contribution < 1.29 is 14.1 Å². The minimum absolute atomic E-state index is 0.187. The van der Waals surface area contributed by atoms with Crippen LogP contribution in [0.5, 0.6) is 0 Å². The summed E-state index contributed by atoms with van der Waals surface area (Å²) in [6.45, 7) is 0. The largest absolute Gasteiger partial charge is 0.373 e. The van der Waals surface area contributed by atoms with Gasteiger partial charge in [-0.1, -0.05) is 6.07 Å². The predicted octanol–water partition coefficient (Wildman–Crippen LogP) is 4.19. The highest BCUT2D eigenvalue weighted by Crippen LogP contribution is 2.36. The van der Waals surface area contributed by atoms with Crippen molar-refractivity contribution >= 4 is 17.2 Å². The van der Waals surface area contributed by atoms with Gasteiger partial charge in [-0.2, -0.15) is 0 Å². The number of hydrogen-bond donors (Lipinski definition) is 1. The highest BCUT2D eigenvalue weighted by atomic mass is 19.1. The van der Waals surface area contributed by atoms with Crippen molar-refractivity contribution in [1.82, 2.24) is 9.55 Å². The summed E-state index contributed by atoms with van der Waals surface area (Å²) in [5.74, 6) is -0.517. The number of nitrogens with one attached hydrogen (secondary N) is 1. The van der Waals surface area contributed by atoms with E-state index >= 15 is 0 Å². The van der Waals surface area contributed by atoms with Crippen LogP contribution in [0.25, 0.3) is 0 Å². The van der Waals surface area contributed by atoms with Gasteiger partial charge in [0.05, 0.1) is 11.0 Å². The van der Waals surface area contributed by atoms with Gasteiger partial charge in [-0.05, 0) is 54.7 Å². The van der Waals surface area contributed by atoms with Crippen LogP contribution < -0.4 is 5.32 Å². The molecule has 1 N–H and O–H groups in total. The molecule has 0 saturated heterocycles. The van der Waals surface area contributed by atoms with Gasteiger partial charge in [-0.15, -0.1) is 0 Å². The van der Waals surface area contributed by atoms with Gasteiger partial charge >= 0.3 is 0 Å². The quantitative estimate of drug-likeness (QED) is 0.398. The second-order valence-corrected chi connectivity index (χ2v) is 7.11. The van der Waals surface area contributed by atoms with Crippen molar-refractivity contribution in [1.29, 1.82) is 0 Å². The molecule has 2 aromatic carbocycles. The topological polar surface area (TPSA) is 90.1 Å². The Kier molecular flexibility index (Phi) is 4.84. The summed E-state index contributed by atoms with van der Waals surface area (Å²) in [5.41, 5.74) is 2.15. The van der Waals surface area contributed by atoms with Crippen LogP contribution in [-0.2, 0) is 13.5 Å². The van der Waals surface area contributed by atoms with E-state index in [0.29, 0.717) is 5.69 Å². The molecular weight excluding hydrogens is 375 g/mol. The first-order valence-corrected chi connectivity index (χ1v) is 9.29. The number of anilines is 1. The lowest BCUT2D eigenvalue weighted by atomic mass is 9.87. The first kappa shape index (κ1) is 18.8. The molecule has 148 valence electrons. The Morgan fingerprint density at radius 1 is 1.31 bits per heavy atom. The van der Waals surface area contributed by atoms with E-state index in [4.69, 9.17) is 0 Å². The average Bonchev–Trinajstić information content (AvgIpc) is 3.14. The molecule has 0 amide bonds. The number of ketones is 1. The smallest absolute Gasteiger partial charge is 0.293 e. The molecule has 1 aromatic heterocycles. The maximum atomic E-state index is 13.7. The van der Waals surface area contributed by atoms with Gasteiger partial charge in [-0.25, -0.2) is 9.37 Å². The lowest BCUT2D eigenvalue weighted by molar-refractivity contribution is -0.384. The first-order valence-electron chi connectivity index (χ1n) is 9.29. The third-order valence-corrected chi connectivity index (χ3v) is 5.23. The van der Waals surface area contributed by atoms with Crippen molar-refractivity contribution in [2.24, 2.45) is 7.05 Å². The maximum absolute atomic E-state index is 13.7. The van der Waals surface area contributed by atoms with E-state index in [9.17, 15) is 19.3 Å². The Labute approximate surface area is 166 Å². The van der Waals surface area contributed by atoms with Gasteiger partial charge in [0.2, 0.25) is 5.78 Å². The molecule has 0 fully saturated rings. The Bertz CT molecular complexity index is 1110. The van der Waals surface area contributed by atoms with Gasteiger partial charge in [0.25, 0.3) is 5.69 Å². The van der Waals surface area contributed by atoms with Crippen molar-refractivity contribution in [2.75, 3.05) is 5.32 Å². The molecule has 0 radical (unpaired) electrons. The molecule has 7 nitrogen and oxygen atoms in total. The van der Waals surface area contributed by atoms with E-state index in [1.54, 1.807) is 29.9 Å². The van der Waals surface area contributed by atoms with Gasteiger partial charge in [0.15, 0.2) is 5.82 Å². The van der Waals surface area contributed by atoms with Crippen LogP contribution in [0.2, 0.25) is 0 Å². The molecule has 0 bridgehead atoms. The highest BCUT2D eigenvalue weighted by molar-refractivity contribution is 6.07. The number of nitro benzene ring substituents is 1. The van der Waals surface area contributed by atoms with Crippen LogP contribution in [0, 0.1) is 15.9 Å². The van der Waals surface area contributed by atoms with Crippen LogP contribution in [0.3, 0.4) is 0 Å². The Balaban J connectivity index is 1.67. The van der Waals surface area contributed by atoms with Crippen LogP contribution in [0.15, 0.2) is 48.8 Å². The SMILES string of the molecule is Cn1ccnc1C(=O)c1ccc(NC2CCCc3ccc(F)cc32)c([N+](=O)[O-])c1. The number of nitrogens with zero attached hydrogens (tertiary/aromatic N) is 3. The molecule has 0 saturated carbocycles. The van der Waals surface area contributed by atoms with E-state index in [0.717, 1.165) is 30.4 Å². The summed E-state index contributed by atoms with van der Waals surface area (Å²) in [4.78, 5) is 27.8. The molecule has 1 heterocycles. The zero-order chi connectivity index (χ0) is 20.5. The lowest BCUT2D eigenvalue weighted by Crippen LogP contribution is -2.18. The average molecular weight is 394 g/mol. The number of halogens is 1. The van der Waals surface area contributed by atoms with Crippen LogP contribution in [-0.4, -0.2) is 20.3 Å². The van der Waals surface area contributed by atoms with Crippen molar-refractivity contribution in [3.05, 3.63) is 87.2 Å². The molecule has 0 spiro atoms. The normalized spacial score (nSPS) is 15.6. The molecule has 4 rings (SSSR count). The number of hydrogen-bond acceptors (Lipinski definition) is 5. The number of fused-ring (bicyclic) bond motifs is 1. The minimum atomic E-state index is -0.521. The molecule has 1 unspecified atom stereocenters. The molecule has 1 aliphatic rings. The molecule has 1 atom stereocenters. The third-order valence-electron chi connectivity index (χ3n) is 5.23. The summed E-state index contributed by atoms with van der Waals surface area (Å²) < 4.78 is 15.3. The second kappa shape index (κ2) is 7.46. The zero-order valence-corrected chi connectivity index (χ0v) is 15.8. The number of nitro groups is 1. The van der Waals surface area contributed by atoms with Crippen LogP contribution >= 0.6 is 0 Å². The van der Waals surface area contributed by atoms with Crippen LogP contribution in [0.4, 0.5) is 15.8 Å². The minimum Gasteiger partial charge on any atom is -0.373 e. The molecule has 0 aliphatic heterocycles. The van der Waals surface area contributed by atoms with E-state index in [-0.39, 0.29) is 28.9 Å². The van der Waals surface area contributed by atoms with Crippen molar-refractivity contribution in [2.45, 2.75) is 25.3 Å². The number of imidazole rings is 1. The fraction of sp³-hybridized carbons (Fsp3) is 0.238. The number of carbonyl (C=O) groups excluding carboxylic acids is 1. The highest BCUT2D eigenvalue weighted by Gasteiger charge is 2.25. The van der Waals surface area contributed by atoms with E-state index in [1.807, 2.05) is 0 Å². The summed E-state index contributed by atoms with van der Waals surface area (Å²) in [6.07, 6.45) is 5.63. The Hall–Kier alpha value is -3.55. The summed E-state index contributed by atoms with van der Waals surface area (Å²) in [6, 6.07) is 8.78. The number of rotatable bonds is 5. The second-order valence-electron chi connectivity index (χ2n) is 7.11. The fourth-order valence-electron chi connectivity index (χ4n) is 3.77. The number of carbonyl (C=O) groups is 1. The Morgan fingerprint density at radius 2 is 2.14 bits per heavy atom. The summed E-state index contributed by atoms with van der Waals surface area (Å²) in [5, 5.41) is 14.9. The van der Waals surface area contributed by atoms with Crippen molar-refractivity contribution in [3.8, 4) is 0 Å². The van der Waals surface area contributed by atoms with E-state index in [2.05, 4.69) is 10.3 Å². The first-order chi connectivity index (χ1) is 13.9. The van der Waals surface area contributed by atoms with Crippen molar-refractivity contribution in [3.63, 3.8) is 0 Å². The summed E-state index contributed by atoms with van der Waals surface area (Å²) in [7, 11) is 1.68. The van der Waals surface area contributed by atoms with Gasteiger partial charge in [0, 0.05) is 31.1 Å². The molecular formula is C21H19FN4O3. The number of benzene rings is 2.